The van der Waals surface area contributed by atoms with Crippen LogP contribution in [0.4, 0.5) is 0 Å². The van der Waals surface area contributed by atoms with E-state index in [4.69, 9.17) is 4.98 Å². The van der Waals surface area contributed by atoms with E-state index < -0.39 is 0 Å². The van der Waals surface area contributed by atoms with Gasteiger partial charge in [0.05, 0.1) is 21.4 Å². The SMILES string of the molecule is CNCC1CCCc2sc(Cc3csc(C)n3)nc21. The van der Waals surface area contributed by atoms with Crippen LogP contribution in [-0.2, 0) is 12.8 Å². The van der Waals surface area contributed by atoms with Gasteiger partial charge in [-0.15, -0.1) is 22.7 Å². The average Bonchev–Trinajstić information content (AvgIpc) is 2.97. The summed E-state index contributed by atoms with van der Waals surface area (Å²) in [4.78, 5) is 10.9. The minimum absolute atomic E-state index is 0.607. The lowest BCUT2D eigenvalue weighted by Crippen LogP contribution is -2.21. The van der Waals surface area contributed by atoms with Gasteiger partial charge in [0.1, 0.15) is 0 Å². The fraction of sp³-hybridized carbons (Fsp3) is 0.571. The molecule has 1 aliphatic rings. The minimum Gasteiger partial charge on any atom is -0.319 e. The van der Waals surface area contributed by atoms with Crippen molar-refractivity contribution in [3.8, 4) is 0 Å². The van der Waals surface area contributed by atoms with E-state index in [9.17, 15) is 0 Å². The lowest BCUT2D eigenvalue weighted by atomic mass is 9.91. The van der Waals surface area contributed by atoms with Crippen LogP contribution in [0.15, 0.2) is 5.38 Å². The van der Waals surface area contributed by atoms with Crippen molar-refractivity contribution < 1.29 is 0 Å². The number of hydrogen-bond acceptors (Lipinski definition) is 5. The van der Waals surface area contributed by atoms with Crippen LogP contribution in [0.1, 0.15) is 45.0 Å². The monoisotopic (exact) mass is 293 g/mol. The Kier molecular flexibility index (Phi) is 3.96. The van der Waals surface area contributed by atoms with Gasteiger partial charge in [-0.1, -0.05) is 0 Å². The van der Waals surface area contributed by atoms with Crippen molar-refractivity contribution in [3.05, 3.63) is 31.7 Å². The molecule has 5 heteroatoms. The minimum atomic E-state index is 0.607. The maximum atomic E-state index is 4.90. The Bertz CT molecular complexity index is 559. The summed E-state index contributed by atoms with van der Waals surface area (Å²) in [5, 5.41) is 7.83. The summed E-state index contributed by atoms with van der Waals surface area (Å²) in [5.74, 6) is 0.607. The fourth-order valence-corrected chi connectivity index (χ4v) is 4.55. The summed E-state index contributed by atoms with van der Waals surface area (Å²) in [7, 11) is 2.03. The molecule has 3 nitrogen and oxygen atoms in total. The van der Waals surface area contributed by atoms with Crippen LogP contribution < -0.4 is 5.32 Å². The highest BCUT2D eigenvalue weighted by Crippen LogP contribution is 2.35. The lowest BCUT2D eigenvalue weighted by Gasteiger charge is -2.20. The van der Waals surface area contributed by atoms with E-state index >= 15 is 0 Å². The van der Waals surface area contributed by atoms with Crippen LogP contribution in [0, 0.1) is 6.92 Å². The van der Waals surface area contributed by atoms with Crippen LogP contribution in [0.5, 0.6) is 0 Å². The van der Waals surface area contributed by atoms with Gasteiger partial charge < -0.3 is 5.32 Å². The molecule has 0 aromatic carbocycles. The van der Waals surface area contributed by atoms with E-state index in [0.717, 1.165) is 18.0 Å². The van der Waals surface area contributed by atoms with Gasteiger partial charge in [-0.05, 0) is 33.2 Å². The quantitative estimate of drug-likeness (QED) is 0.941. The maximum Gasteiger partial charge on any atom is 0.0991 e. The van der Waals surface area contributed by atoms with Crippen molar-refractivity contribution in [3.63, 3.8) is 0 Å². The summed E-state index contributed by atoms with van der Waals surface area (Å²) < 4.78 is 0. The average molecular weight is 293 g/mol. The summed E-state index contributed by atoms with van der Waals surface area (Å²) in [5.41, 5.74) is 2.52. The zero-order valence-electron chi connectivity index (χ0n) is 11.4. The number of nitrogens with one attached hydrogen (secondary N) is 1. The third-order valence-corrected chi connectivity index (χ3v) is 5.52. The molecule has 2 aromatic rings. The van der Waals surface area contributed by atoms with Gasteiger partial charge in [-0.25, -0.2) is 9.97 Å². The number of likely N-dealkylation sites (N-methyl/N-ethyl adjacent to an activating group) is 1. The molecule has 2 aromatic heterocycles. The highest BCUT2D eigenvalue weighted by atomic mass is 32.1. The molecule has 1 N–H and O–H groups in total. The fourth-order valence-electron chi connectivity index (χ4n) is 2.72. The molecule has 0 amide bonds. The zero-order valence-corrected chi connectivity index (χ0v) is 13.0. The number of aryl methyl sites for hydroxylation is 2. The van der Waals surface area contributed by atoms with Crippen LogP contribution in [0.25, 0.3) is 0 Å². The molecular formula is C14H19N3S2. The van der Waals surface area contributed by atoms with E-state index in [1.807, 2.05) is 18.4 Å². The van der Waals surface area contributed by atoms with Gasteiger partial charge in [0, 0.05) is 29.1 Å². The van der Waals surface area contributed by atoms with E-state index in [0.29, 0.717) is 5.92 Å². The second-order valence-electron chi connectivity index (χ2n) is 5.10. The predicted octanol–water partition coefficient (Wildman–Crippen LogP) is 3.14. The molecule has 0 radical (unpaired) electrons. The van der Waals surface area contributed by atoms with Crippen LogP contribution in [0.3, 0.4) is 0 Å². The topological polar surface area (TPSA) is 37.8 Å². The van der Waals surface area contributed by atoms with E-state index in [2.05, 4.69) is 22.6 Å². The van der Waals surface area contributed by atoms with Gasteiger partial charge in [0.25, 0.3) is 0 Å². The first-order valence-corrected chi connectivity index (χ1v) is 8.50. The molecule has 0 aliphatic heterocycles. The zero-order chi connectivity index (χ0) is 13.2. The Morgan fingerprint density at radius 3 is 3.05 bits per heavy atom. The second-order valence-corrected chi connectivity index (χ2v) is 7.33. The third kappa shape index (κ3) is 2.88. The molecule has 1 unspecified atom stereocenters. The van der Waals surface area contributed by atoms with Crippen LogP contribution in [0.2, 0.25) is 0 Å². The Labute approximate surface area is 122 Å². The summed E-state index contributed by atoms with van der Waals surface area (Å²) >= 11 is 3.62. The van der Waals surface area contributed by atoms with E-state index in [1.165, 1.54) is 40.5 Å². The molecule has 1 atom stereocenters. The first-order valence-electron chi connectivity index (χ1n) is 6.80. The molecule has 102 valence electrons. The van der Waals surface area contributed by atoms with Crippen molar-refractivity contribution in [1.29, 1.82) is 0 Å². The van der Waals surface area contributed by atoms with Gasteiger partial charge in [0.2, 0.25) is 0 Å². The normalized spacial score (nSPS) is 18.5. The van der Waals surface area contributed by atoms with E-state index in [1.54, 1.807) is 11.3 Å². The molecule has 0 saturated heterocycles. The van der Waals surface area contributed by atoms with Crippen molar-refractivity contribution in [2.75, 3.05) is 13.6 Å². The van der Waals surface area contributed by atoms with Gasteiger partial charge in [-0.2, -0.15) is 0 Å². The molecule has 0 spiro atoms. The Hall–Kier alpha value is -0.780. The Morgan fingerprint density at radius 1 is 1.42 bits per heavy atom. The van der Waals surface area contributed by atoms with E-state index in [-0.39, 0.29) is 0 Å². The van der Waals surface area contributed by atoms with Gasteiger partial charge in [-0.3, -0.25) is 0 Å². The molecule has 1 aliphatic carbocycles. The summed E-state index contributed by atoms with van der Waals surface area (Å²) in [6.45, 7) is 3.11. The number of thiazole rings is 2. The maximum absolute atomic E-state index is 4.90. The second kappa shape index (κ2) is 5.69. The third-order valence-electron chi connectivity index (χ3n) is 3.56. The molecular weight excluding hydrogens is 274 g/mol. The van der Waals surface area contributed by atoms with Crippen molar-refractivity contribution in [2.45, 2.75) is 38.5 Å². The van der Waals surface area contributed by atoms with Gasteiger partial charge >= 0.3 is 0 Å². The number of nitrogens with zero attached hydrogens (tertiary/aromatic N) is 2. The Morgan fingerprint density at radius 2 is 2.32 bits per heavy atom. The summed E-state index contributed by atoms with van der Waals surface area (Å²) in [6.07, 6.45) is 4.68. The first-order chi connectivity index (χ1) is 9.26. The van der Waals surface area contributed by atoms with Crippen molar-refractivity contribution in [1.82, 2.24) is 15.3 Å². The van der Waals surface area contributed by atoms with Crippen molar-refractivity contribution >= 4 is 22.7 Å². The largest absolute Gasteiger partial charge is 0.319 e. The number of aromatic nitrogens is 2. The molecule has 0 saturated carbocycles. The molecule has 19 heavy (non-hydrogen) atoms. The molecule has 0 bridgehead atoms. The number of rotatable bonds is 4. The van der Waals surface area contributed by atoms with Crippen LogP contribution in [-0.4, -0.2) is 23.6 Å². The highest BCUT2D eigenvalue weighted by Gasteiger charge is 2.24. The molecule has 0 fully saturated rings. The number of hydrogen-bond donors (Lipinski definition) is 1. The molecule has 2 heterocycles. The first kappa shape index (κ1) is 13.2. The van der Waals surface area contributed by atoms with Crippen LogP contribution >= 0.6 is 22.7 Å². The standard InChI is InChI=1S/C14H19N3S2/c1-9-16-11(8-18-9)6-13-17-14-10(7-15-2)4-3-5-12(14)19-13/h8,10,15H,3-7H2,1-2H3. The lowest BCUT2D eigenvalue weighted by molar-refractivity contribution is 0.522. The predicted molar refractivity (Wildman–Crippen MR) is 81.4 cm³/mol. The smallest absolute Gasteiger partial charge is 0.0991 e. The Balaban J connectivity index is 1.81. The van der Waals surface area contributed by atoms with Crippen molar-refractivity contribution in [2.24, 2.45) is 0 Å². The summed E-state index contributed by atoms with van der Waals surface area (Å²) in [6, 6.07) is 0. The highest BCUT2D eigenvalue weighted by molar-refractivity contribution is 7.11. The van der Waals surface area contributed by atoms with Gasteiger partial charge in [0.15, 0.2) is 0 Å². The molecule has 3 rings (SSSR count). The number of fused-ring (bicyclic) bond motifs is 1.